The zero-order chi connectivity index (χ0) is 13.1. The van der Waals surface area contributed by atoms with Gasteiger partial charge in [-0.1, -0.05) is 24.6 Å². The van der Waals surface area contributed by atoms with Gasteiger partial charge in [0.2, 0.25) is 0 Å². The molecule has 0 saturated heterocycles. The van der Waals surface area contributed by atoms with E-state index in [4.69, 9.17) is 4.74 Å². The Kier molecular flexibility index (Phi) is 4.04. The summed E-state index contributed by atoms with van der Waals surface area (Å²) in [4.78, 5) is 0. The number of rotatable bonds is 5. The molecule has 0 spiro atoms. The maximum atomic E-state index is 5.72. The minimum Gasteiger partial charge on any atom is -0.493 e. The first-order valence-corrected chi connectivity index (χ1v) is 8.53. The van der Waals surface area contributed by atoms with Gasteiger partial charge in [-0.25, -0.2) is 0 Å². The summed E-state index contributed by atoms with van der Waals surface area (Å²) in [7, 11) is 0. The molecule has 19 heavy (non-hydrogen) atoms. The fraction of sp³-hybridized carbons (Fsp3) is 0.625. The van der Waals surface area contributed by atoms with E-state index in [2.05, 4.69) is 35.8 Å². The summed E-state index contributed by atoms with van der Waals surface area (Å²) in [6.45, 7) is 3.10. The highest BCUT2D eigenvalue weighted by atomic mass is 32.2. The van der Waals surface area contributed by atoms with Crippen molar-refractivity contribution in [1.82, 2.24) is 5.32 Å². The van der Waals surface area contributed by atoms with Crippen molar-refractivity contribution in [2.75, 3.05) is 26.0 Å². The maximum Gasteiger partial charge on any atom is 0.122 e. The molecule has 1 atom stereocenters. The normalized spacial score (nSPS) is 24.2. The minimum absolute atomic E-state index is 0.532. The number of hydrogen-bond acceptors (Lipinski definition) is 3. The second-order valence-electron chi connectivity index (χ2n) is 5.74. The first-order chi connectivity index (χ1) is 9.33. The van der Waals surface area contributed by atoms with Crippen molar-refractivity contribution in [3.63, 3.8) is 0 Å². The summed E-state index contributed by atoms with van der Waals surface area (Å²) >= 11 is 2.04. The molecule has 1 fully saturated rings. The number of hydrogen-bond donors (Lipinski definition) is 1. The molecule has 3 heteroatoms. The third-order valence-corrected chi connectivity index (χ3v) is 6.04. The lowest BCUT2D eigenvalue weighted by Gasteiger charge is -2.41. The fourth-order valence-corrected chi connectivity index (χ4v) is 4.07. The van der Waals surface area contributed by atoms with E-state index in [9.17, 15) is 0 Å². The van der Waals surface area contributed by atoms with Crippen LogP contribution in [0.3, 0.4) is 0 Å². The number of benzene rings is 1. The topological polar surface area (TPSA) is 21.3 Å². The quantitative estimate of drug-likeness (QED) is 0.891. The molecule has 1 heterocycles. The van der Waals surface area contributed by atoms with Crippen LogP contribution in [0, 0.1) is 0 Å². The minimum atomic E-state index is 0.532. The van der Waals surface area contributed by atoms with E-state index in [1.165, 1.54) is 24.8 Å². The van der Waals surface area contributed by atoms with Crippen molar-refractivity contribution in [3.8, 4) is 5.75 Å². The van der Waals surface area contributed by atoms with Gasteiger partial charge in [0.25, 0.3) is 0 Å². The molecular weight excluding hydrogens is 254 g/mol. The lowest BCUT2D eigenvalue weighted by molar-refractivity contribution is 0.261. The molecule has 0 amide bonds. The molecule has 0 bridgehead atoms. The number of ether oxygens (including phenoxy) is 1. The summed E-state index contributed by atoms with van der Waals surface area (Å²) in [5.41, 5.74) is 1.38. The van der Waals surface area contributed by atoms with E-state index >= 15 is 0 Å². The summed E-state index contributed by atoms with van der Waals surface area (Å²) in [5, 5.41) is 3.71. The van der Waals surface area contributed by atoms with Crippen LogP contribution >= 0.6 is 11.8 Å². The zero-order valence-corrected chi connectivity index (χ0v) is 12.5. The van der Waals surface area contributed by atoms with Gasteiger partial charge >= 0.3 is 0 Å². The molecule has 1 aliphatic carbocycles. The fourth-order valence-electron chi connectivity index (χ4n) is 3.13. The summed E-state index contributed by atoms with van der Waals surface area (Å²) in [6, 6.07) is 8.49. The Balaban J connectivity index is 1.56. The maximum absolute atomic E-state index is 5.72. The molecule has 0 radical (unpaired) electrons. The number of thioether (sulfide) groups is 1. The molecule has 2 nitrogen and oxygen atoms in total. The van der Waals surface area contributed by atoms with E-state index in [1.54, 1.807) is 0 Å². The first kappa shape index (κ1) is 13.3. The Morgan fingerprint density at radius 2 is 2.21 bits per heavy atom. The molecule has 1 saturated carbocycles. The average Bonchev–Trinajstić information content (AvgIpc) is 2.42. The highest BCUT2D eigenvalue weighted by molar-refractivity contribution is 8.00. The lowest BCUT2D eigenvalue weighted by Crippen LogP contribution is -2.44. The van der Waals surface area contributed by atoms with Gasteiger partial charge < -0.3 is 10.1 Å². The van der Waals surface area contributed by atoms with Gasteiger partial charge in [0.05, 0.1) is 6.61 Å². The number of para-hydroxylation sites is 1. The van der Waals surface area contributed by atoms with Gasteiger partial charge in [-0.05, 0) is 37.1 Å². The van der Waals surface area contributed by atoms with Gasteiger partial charge in [-0.15, -0.1) is 0 Å². The Hall–Kier alpha value is -0.670. The molecule has 104 valence electrons. The predicted molar refractivity (Wildman–Crippen MR) is 82.3 cm³/mol. The van der Waals surface area contributed by atoms with Crippen LogP contribution in [-0.4, -0.2) is 30.7 Å². The van der Waals surface area contributed by atoms with Crippen LogP contribution < -0.4 is 10.1 Å². The van der Waals surface area contributed by atoms with Crippen molar-refractivity contribution >= 4 is 11.8 Å². The average molecular weight is 277 g/mol. The Labute approximate surface area is 120 Å². The third kappa shape index (κ3) is 2.77. The van der Waals surface area contributed by atoms with Gasteiger partial charge in [0, 0.05) is 23.8 Å². The van der Waals surface area contributed by atoms with Crippen LogP contribution in [0.4, 0.5) is 0 Å². The van der Waals surface area contributed by atoms with Gasteiger partial charge in [-0.3, -0.25) is 0 Å². The Morgan fingerprint density at radius 3 is 2.95 bits per heavy atom. The smallest absolute Gasteiger partial charge is 0.122 e. The molecule has 1 aliphatic heterocycles. The molecule has 3 rings (SSSR count). The van der Waals surface area contributed by atoms with Crippen molar-refractivity contribution in [1.29, 1.82) is 0 Å². The van der Waals surface area contributed by atoms with Crippen LogP contribution in [0.25, 0.3) is 0 Å². The van der Waals surface area contributed by atoms with Crippen LogP contribution in [0.5, 0.6) is 5.75 Å². The molecule has 1 aromatic carbocycles. The first-order valence-electron chi connectivity index (χ1n) is 7.31. The van der Waals surface area contributed by atoms with Gasteiger partial charge in [0.15, 0.2) is 0 Å². The zero-order valence-electron chi connectivity index (χ0n) is 11.7. The van der Waals surface area contributed by atoms with E-state index in [0.717, 1.165) is 31.9 Å². The van der Waals surface area contributed by atoms with Crippen LogP contribution in [-0.2, 0) is 0 Å². The Morgan fingerprint density at radius 1 is 1.37 bits per heavy atom. The molecular formula is C16H23NOS. The highest BCUT2D eigenvalue weighted by Gasteiger charge is 2.35. The standard InChI is InChI=1S/C16H23NOS/c1-19-16(8-4-9-16)12-17-11-13-7-10-18-15-6-3-2-5-14(13)15/h2-3,5-6,13,17H,4,7-12H2,1H3. The van der Waals surface area contributed by atoms with Crippen molar-refractivity contribution in [2.24, 2.45) is 0 Å². The third-order valence-electron chi connectivity index (χ3n) is 4.62. The van der Waals surface area contributed by atoms with Crippen molar-refractivity contribution in [3.05, 3.63) is 29.8 Å². The second kappa shape index (κ2) is 5.76. The molecule has 1 unspecified atom stereocenters. The summed E-state index contributed by atoms with van der Waals surface area (Å²) in [5.74, 6) is 1.70. The largest absolute Gasteiger partial charge is 0.493 e. The summed E-state index contributed by atoms with van der Waals surface area (Å²) < 4.78 is 6.25. The molecule has 0 aromatic heterocycles. The van der Waals surface area contributed by atoms with Crippen molar-refractivity contribution < 1.29 is 4.74 Å². The van der Waals surface area contributed by atoms with E-state index in [-0.39, 0.29) is 0 Å². The molecule has 2 aliphatic rings. The SMILES string of the molecule is CSC1(CNCC2CCOc3ccccc32)CCC1. The number of fused-ring (bicyclic) bond motifs is 1. The second-order valence-corrected chi connectivity index (χ2v) is 7.02. The van der Waals surface area contributed by atoms with E-state index < -0.39 is 0 Å². The van der Waals surface area contributed by atoms with Crippen LogP contribution in [0.1, 0.15) is 37.2 Å². The Bertz CT molecular complexity index is 425. The molecule has 1 aromatic rings. The van der Waals surface area contributed by atoms with E-state index in [1.807, 2.05) is 11.8 Å². The van der Waals surface area contributed by atoms with E-state index in [0.29, 0.717) is 10.7 Å². The van der Waals surface area contributed by atoms with Crippen LogP contribution in [0.15, 0.2) is 24.3 Å². The summed E-state index contributed by atoms with van der Waals surface area (Å²) in [6.07, 6.45) is 7.56. The van der Waals surface area contributed by atoms with Gasteiger partial charge in [0.1, 0.15) is 5.75 Å². The molecule has 1 N–H and O–H groups in total. The van der Waals surface area contributed by atoms with Crippen LogP contribution in [0.2, 0.25) is 0 Å². The predicted octanol–water partition coefficient (Wildman–Crippen LogP) is 3.43. The highest BCUT2D eigenvalue weighted by Crippen LogP contribution is 2.42. The van der Waals surface area contributed by atoms with Gasteiger partial charge in [-0.2, -0.15) is 11.8 Å². The monoisotopic (exact) mass is 277 g/mol. The lowest BCUT2D eigenvalue weighted by atomic mass is 9.84. The van der Waals surface area contributed by atoms with Crippen molar-refractivity contribution in [2.45, 2.75) is 36.3 Å². The number of nitrogens with one attached hydrogen (secondary N) is 1.